The number of hydrogen-bond acceptors (Lipinski definition) is 4. The molecule has 1 unspecified atom stereocenters. The smallest absolute Gasteiger partial charge is 0.326 e. The summed E-state index contributed by atoms with van der Waals surface area (Å²) in [7, 11) is 0. The summed E-state index contributed by atoms with van der Waals surface area (Å²) in [4.78, 5) is 41.7. The Bertz CT molecular complexity index is 876. The van der Waals surface area contributed by atoms with Crippen LogP contribution in [0.3, 0.4) is 0 Å². The highest BCUT2D eigenvalue weighted by molar-refractivity contribution is 5.94. The van der Waals surface area contributed by atoms with Gasteiger partial charge in [0.2, 0.25) is 5.91 Å². The lowest BCUT2D eigenvalue weighted by atomic mass is 10.1. The van der Waals surface area contributed by atoms with Gasteiger partial charge in [0.1, 0.15) is 17.4 Å². The first-order valence-electron chi connectivity index (χ1n) is 9.73. The number of aromatic nitrogens is 2. The number of nitrogens with zero attached hydrogens (tertiary/aromatic N) is 3. The van der Waals surface area contributed by atoms with Gasteiger partial charge in [0, 0.05) is 25.7 Å². The topological polar surface area (TPSA) is 104 Å². The summed E-state index contributed by atoms with van der Waals surface area (Å²) in [5.74, 6) is -1.17. The van der Waals surface area contributed by atoms with Crippen LogP contribution in [0.25, 0.3) is 5.65 Å². The lowest BCUT2D eigenvalue weighted by Crippen LogP contribution is -2.40. The molecule has 8 nitrogen and oxygen atoms in total. The molecule has 2 amide bonds. The van der Waals surface area contributed by atoms with Gasteiger partial charge in [0.25, 0.3) is 5.91 Å². The SMILES string of the molecule is Cc1nc2ccccn2c1C(=O)NCCCCCC(=O)N1CCCC1C(=O)O. The van der Waals surface area contributed by atoms with Gasteiger partial charge in [-0.15, -0.1) is 0 Å². The van der Waals surface area contributed by atoms with Crippen LogP contribution in [-0.4, -0.2) is 56.3 Å². The minimum absolute atomic E-state index is 0.0877. The van der Waals surface area contributed by atoms with E-state index in [1.54, 1.807) is 4.40 Å². The van der Waals surface area contributed by atoms with Gasteiger partial charge in [0.05, 0.1) is 5.69 Å². The van der Waals surface area contributed by atoms with Crippen LogP contribution in [0.15, 0.2) is 24.4 Å². The predicted molar refractivity (Wildman–Crippen MR) is 103 cm³/mol. The number of nitrogens with one attached hydrogen (secondary N) is 1. The normalized spacial score (nSPS) is 16.5. The maximum absolute atomic E-state index is 12.5. The number of carboxylic acid groups (broad SMARTS) is 1. The maximum atomic E-state index is 12.5. The molecule has 2 aromatic rings. The quantitative estimate of drug-likeness (QED) is 0.676. The number of carboxylic acids is 1. The molecule has 0 aromatic carbocycles. The highest BCUT2D eigenvalue weighted by Crippen LogP contribution is 2.19. The summed E-state index contributed by atoms with van der Waals surface area (Å²) < 4.78 is 1.78. The molecule has 0 bridgehead atoms. The molecule has 1 atom stereocenters. The van der Waals surface area contributed by atoms with Crippen molar-refractivity contribution >= 4 is 23.4 Å². The Morgan fingerprint density at radius 1 is 1.25 bits per heavy atom. The Balaban J connectivity index is 1.39. The van der Waals surface area contributed by atoms with Crippen molar-refractivity contribution < 1.29 is 19.5 Å². The van der Waals surface area contributed by atoms with E-state index in [9.17, 15) is 14.4 Å². The minimum Gasteiger partial charge on any atom is -0.480 e. The fourth-order valence-electron chi connectivity index (χ4n) is 3.72. The Hall–Kier alpha value is -2.90. The summed E-state index contributed by atoms with van der Waals surface area (Å²) >= 11 is 0. The molecule has 150 valence electrons. The number of rotatable bonds is 8. The summed E-state index contributed by atoms with van der Waals surface area (Å²) in [6.07, 6.45) is 5.70. The summed E-state index contributed by atoms with van der Waals surface area (Å²) in [6.45, 7) is 2.87. The van der Waals surface area contributed by atoms with Crippen LogP contribution >= 0.6 is 0 Å². The molecule has 1 aliphatic rings. The third kappa shape index (κ3) is 4.32. The zero-order valence-corrected chi connectivity index (χ0v) is 16.1. The molecule has 0 saturated carbocycles. The van der Waals surface area contributed by atoms with Crippen molar-refractivity contribution in [3.05, 3.63) is 35.8 Å². The highest BCUT2D eigenvalue weighted by atomic mass is 16.4. The van der Waals surface area contributed by atoms with Gasteiger partial charge >= 0.3 is 5.97 Å². The number of carbonyl (C=O) groups is 3. The minimum atomic E-state index is -0.920. The number of aliphatic carboxylic acids is 1. The average molecular weight is 386 g/mol. The van der Waals surface area contributed by atoms with E-state index in [4.69, 9.17) is 5.11 Å². The van der Waals surface area contributed by atoms with Gasteiger partial charge in [-0.2, -0.15) is 0 Å². The van der Waals surface area contributed by atoms with Crippen LogP contribution in [0.1, 0.15) is 54.7 Å². The Kier molecular flexibility index (Phi) is 6.28. The first-order chi connectivity index (χ1) is 13.5. The molecule has 0 radical (unpaired) electrons. The van der Waals surface area contributed by atoms with Gasteiger partial charge in [-0.05, 0) is 44.7 Å². The van der Waals surface area contributed by atoms with E-state index in [-0.39, 0.29) is 11.8 Å². The zero-order valence-electron chi connectivity index (χ0n) is 16.1. The Morgan fingerprint density at radius 2 is 2.07 bits per heavy atom. The monoisotopic (exact) mass is 386 g/mol. The van der Waals surface area contributed by atoms with Gasteiger partial charge in [-0.1, -0.05) is 12.5 Å². The first kappa shape index (κ1) is 19.9. The lowest BCUT2D eigenvalue weighted by Gasteiger charge is -2.21. The van der Waals surface area contributed by atoms with E-state index in [0.717, 1.165) is 24.9 Å². The molecule has 3 rings (SSSR count). The average Bonchev–Trinajstić information content (AvgIpc) is 3.28. The number of pyridine rings is 1. The Labute approximate surface area is 163 Å². The standard InChI is InChI=1S/C20H26N4O4/c1-14-18(24-12-6-4-9-16(24)22-14)19(26)21-11-5-2-3-10-17(25)23-13-7-8-15(23)20(27)28/h4,6,9,12,15H,2-3,5,7-8,10-11,13H2,1H3,(H,21,26)(H,27,28). The third-order valence-electron chi connectivity index (χ3n) is 5.13. The second-order valence-electron chi connectivity index (χ2n) is 7.12. The number of aryl methyl sites for hydroxylation is 1. The molecule has 8 heteroatoms. The molecule has 2 N–H and O–H groups in total. The number of fused-ring (bicyclic) bond motifs is 1. The van der Waals surface area contributed by atoms with Crippen molar-refractivity contribution in [1.82, 2.24) is 19.6 Å². The summed E-state index contributed by atoms with van der Waals surface area (Å²) in [5.41, 5.74) is 1.97. The number of imidazole rings is 1. The van der Waals surface area contributed by atoms with Crippen molar-refractivity contribution in [3.63, 3.8) is 0 Å². The van der Waals surface area contributed by atoms with Crippen LogP contribution in [0.5, 0.6) is 0 Å². The molecule has 1 saturated heterocycles. The predicted octanol–water partition coefficient (Wildman–Crippen LogP) is 2.01. The molecular weight excluding hydrogens is 360 g/mol. The van der Waals surface area contributed by atoms with Crippen molar-refractivity contribution in [2.45, 2.75) is 51.5 Å². The van der Waals surface area contributed by atoms with Gasteiger partial charge < -0.3 is 15.3 Å². The van der Waals surface area contributed by atoms with Crippen molar-refractivity contribution in [2.24, 2.45) is 0 Å². The van der Waals surface area contributed by atoms with Gasteiger partial charge in [0.15, 0.2) is 0 Å². The largest absolute Gasteiger partial charge is 0.480 e. The molecule has 1 aliphatic heterocycles. The molecule has 3 heterocycles. The number of carbonyl (C=O) groups excluding carboxylic acids is 2. The van der Waals surface area contributed by atoms with E-state index in [2.05, 4.69) is 10.3 Å². The van der Waals surface area contributed by atoms with Gasteiger partial charge in [-0.3, -0.25) is 14.0 Å². The molecular formula is C20H26N4O4. The number of unbranched alkanes of at least 4 members (excludes halogenated alkanes) is 2. The van der Waals surface area contributed by atoms with Crippen LogP contribution in [-0.2, 0) is 9.59 Å². The lowest BCUT2D eigenvalue weighted by molar-refractivity contribution is -0.148. The summed E-state index contributed by atoms with van der Waals surface area (Å²) in [5, 5.41) is 12.1. The number of likely N-dealkylation sites (tertiary alicyclic amines) is 1. The van der Waals surface area contributed by atoms with Crippen molar-refractivity contribution in [3.8, 4) is 0 Å². The van der Waals surface area contributed by atoms with Crippen molar-refractivity contribution in [2.75, 3.05) is 13.1 Å². The zero-order chi connectivity index (χ0) is 20.1. The first-order valence-corrected chi connectivity index (χ1v) is 9.73. The van der Waals surface area contributed by atoms with Crippen LogP contribution in [0.2, 0.25) is 0 Å². The van der Waals surface area contributed by atoms with E-state index >= 15 is 0 Å². The molecule has 0 spiro atoms. The van der Waals surface area contributed by atoms with Crippen LogP contribution in [0, 0.1) is 6.92 Å². The van der Waals surface area contributed by atoms with Crippen molar-refractivity contribution in [1.29, 1.82) is 0 Å². The van der Waals surface area contributed by atoms with Crippen LogP contribution < -0.4 is 5.32 Å². The van der Waals surface area contributed by atoms with E-state index in [1.807, 2.05) is 31.3 Å². The third-order valence-corrected chi connectivity index (χ3v) is 5.13. The molecule has 2 aromatic heterocycles. The Morgan fingerprint density at radius 3 is 2.86 bits per heavy atom. The molecule has 0 aliphatic carbocycles. The molecule has 1 fully saturated rings. The summed E-state index contributed by atoms with van der Waals surface area (Å²) in [6, 6.07) is 4.93. The van der Waals surface area contributed by atoms with Crippen LogP contribution in [0.4, 0.5) is 0 Å². The fourth-order valence-corrected chi connectivity index (χ4v) is 3.72. The van der Waals surface area contributed by atoms with E-state index in [0.29, 0.717) is 43.7 Å². The molecule has 28 heavy (non-hydrogen) atoms. The fraction of sp³-hybridized carbons (Fsp3) is 0.500. The maximum Gasteiger partial charge on any atom is 0.326 e. The number of hydrogen-bond donors (Lipinski definition) is 2. The van der Waals surface area contributed by atoms with E-state index in [1.165, 1.54) is 4.90 Å². The van der Waals surface area contributed by atoms with Gasteiger partial charge in [-0.25, -0.2) is 9.78 Å². The second kappa shape index (κ2) is 8.86. The van der Waals surface area contributed by atoms with E-state index < -0.39 is 12.0 Å². The second-order valence-corrected chi connectivity index (χ2v) is 7.12. The number of amides is 2. The highest BCUT2D eigenvalue weighted by Gasteiger charge is 2.33.